The van der Waals surface area contributed by atoms with Crippen LogP contribution in [0.15, 0.2) is 55.1 Å². The minimum atomic E-state index is -0.573. The Balaban J connectivity index is 0.00000241. The molecule has 2 bridgehead atoms. The van der Waals surface area contributed by atoms with Crippen molar-refractivity contribution in [3.63, 3.8) is 0 Å². The molecule has 0 amide bonds. The Morgan fingerprint density at radius 2 is 2.03 bits per heavy atom. The van der Waals surface area contributed by atoms with Crippen molar-refractivity contribution >= 4 is 18.2 Å². The second kappa shape index (κ2) is 8.71. The SMILES string of the molecule is C=CCN1CC[C@]23c4c5ccc(O)c4OC2C(=O)CC[C@@]3(OCCCc2ccccc2)[C@H]1C5.Cl. The average molecular weight is 482 g/mol. The molecule has 2 aliphatic carbocycles. The fourth-order valence-corrected chi connectivity index (χ4v) is 7.24. The van der Waals surface area contributed by atoms with Crippen molar-refractivity contribution in [1.82, 2.24) is 4.90 Å². The zero-order valence-electron chi connectivity index (χ0n) is 19.4. The average Bonchev–Trinajstić information content (AvgIpc) is 3.19. The molecule has 2 aromatic carbocycles. The Labute approximate surface area is 207 Å². The lowest BCUT2D eigenvalue weighted by Crippen LogP contribution is -2.77. The zero-order valence-corrected chi connectivity index (χ0v) is 20.2. The van der Waals surface area contributed by atoms with Gasteiger partial charge in [-0.05, 0) is 49.3 Å². The molecule has 6 rings (SSSR count). The molecule has 6 heteroatoms. The number of halogens is 1. The molecule has 2 aromatic rings. The predicted molar refractivity (Wildman–Crippen MR) is 133 cm³/mol. The predicted octanol–water partition coefficient (Wildman–Crippen LogP) is 4.38. The second-order valence-corrected chi connectivity index (χ2v) is 9.96. The molecule has 2 fully saturated rings. The van der Waals surface area contributed by atoms with Gasteiger partial charge in [-0.2, -0.15) is 0 Å². The molecule has 180 valence electrons. The van der Waals surface area contributed by atoms with Gasteiger partial charge in [0.05, 0.1) is 11.0 Å². The summed E-state index contributed by atoms with van der Waals surface area (Å²) in [6, 6.07) is 14.4. The number of benzene rings is 2. The Kier molecular flexibility index (Phi) is 5.99. The van der Waals surface area contributed by atoms with Crippen LogP contribution >= 0.6 is 12.4 Å². The number of hydrogen-bond acceptors (Lipinski definition) is 5. The molecule has 1 spiro atoms. The van der Waals surface area contributed by atoms with E-state index in [0.717, 1.165) is 44.3 Å². The van der Waals surface area contributed by atoms with E-state index >= 15 is 0 Å². The van der Waals surface area contributed by atoms with Crippen LogP contribution in [-0.4, -0.2) is 53.2 Å². The first-order valence-electron chi connectivity index (χ1n) is 12.2. The highest BCUT2D eigenvalue weighted by Crippen LogP contribution is 2.66. The maximum atomic E-state index is 13.2. The molecule has 1 saturated carbocycles. The highest BCUT2D eigenvalue weighted by molar-refractivity contribution is 5.90. The maximum absolute atomic E-state index is 13.2. The normalized spacial score (nSPS) is 30.8. The summed E-state index contributed by atoms with van der Waals surface area (Å²) in [5.41, 5.74) is 2.50. The first-order valence-corrected chi connectivity index (χ1v) is 12.2. The van der Waals surface area contributed by atoms with Crippen LogP contribution in [0, 0.1) is 0 Å². The van der Waals surface area contributed by atoms with Gasteiger partial charge in [-0.3, -0.25) is 9.69 Å². The van der Waals surface area contributed by atoms with Gasteiger partial charge in [0, 0.05) is 37.7 Å². The summed E-state index contributed by atoms with van der Waals surface area (Å²) < 4.78 is 13.3. The van der Waals surface area contributed by atoms with Crippen molar-refractivity contribution in [1.29, 1.82) is 0 Å². The number of nitrogens with zero attached hydrogens (tertiary/aromatic N) is 1. The number of carbonyl (C=O) groups is 1. The summed E-state index contributed by atoms with van der Waals surface area (Å²) >= 11 is 0. The third kappa shape index (κ3) is 3.10. The van der Waals surface area contributed by atoms with E-state index in [1.165, 1.54) is 11.1 Å². The summed E-state index contributed by atoms with van der Waals surface area (Å²) in [4.78, 5) is 15.7. The van der Waals surface area contributed by atoms with E-state index in [1.54, 1.807) is 6.07 Å². The summed E-state index contributed by atoms with van der Waals surface area (Å²) in [5, 5.41) is 10.7. The number of phenolic OH excluding ortho intramolecular Hbond substituents is 1. The Hall–Kier alpha value is -2.34. The molecule has 1 saturated heterocycles. The lowest BCUT2D eigenvalue weighted by Gasteiger charge is -2.64. The number of phenols is 1. The van der Waals surface area contributed by atoms with E-state index in [1.807, 2.05) is 18.2 Å². The molecular weight excluding hydrogens is 450 g/mol. The van der Waals surface area contributed by atoms with Gasteiger partial charge >= 0.3 is 0 Å². The molecule has 2 aliphatic heterocycles. The lowest BCUT2D eigenvalue weighted by molar-refractivity contribution is -0.212. The van der Waals surface area contributed by atoms with Crippen LogP contribution in [-0.2, 0) is 27.8 Å². The quantitative estimate of drug-likeness (QED) is 0.469. The molecule has 0 radical (unpaired) electrons. The van der Waals surface area contributed by atoms with Crippen molar-refractivity contribution < 1.29 is 19.4 Å². The van der Waals surface area contributed by atoms with E-state index in [-0.39, 0.29) is 30.0 Å². The number of piperidine rings is 1. The first kappa shape index (κ1) is 23.4. The number of hydrogen-bond donors (Lipinski definition) is 1. The Morgan fingerprint density at radius 3 is 2.82 bits per heavy atom. The van der Waals surface area contributed by atoms with Crippen LogP contribution in [0.4, 0.5) is 0 Å². The van der Waals surface area contributed by atoms with Crippen LogP contribution in [0.1, 0.15) is 42.4 Å². The number of ketones is 1. The number of Topliss-reactive ketones (excluding diaryl/α,β-unsaturated/α-hetero) is 1. The molecular formula is C28H32ClNO4. The monoisotopic (exact) mass is 481 g/mol. The van der Waals surface area contributed by atoms with Gasteiger partial charge in [0.25, 0.3) is 0 Å². The van der Waals surface area contributed by atoms with E-state index in [4.69, 9.17) is 9.47 Å². The minimum absolute atomic E-state index is 0. The number of likely N-dealkylation sites (tertiary alicyclic amines) is 1. The summed E-state index contributed by atoms with van der Waals surface area (Å²) in [5.74, 6) is 0.786. The van der Waals surface area contributed by atoms with E-state index < -0.39 is 17.1 Å². The fraction of sp³-hybridized carbons (Fsp3) is 0.464. The summed E-state index contributed by atoms with van der Waals surface area (Å²) in [7, 11) is 0. The van der Waals surface area contributed by atoms with Crippen molar-refractivity contribution in [2.75, 3.05) is 19.7 Å². The molecule has 4 aliphatic rings. The van der Waals surface area contributed by atoms with E-state index in [9.17, 15) is 9.90 Å². The van der Waals surface area contributed by atoms with Gasteiger partial charge in [-0.1, -0.05) is 42.5 Å². The minimum Gasteiger partial charge on any atom is -0.504 e. The van der Waals surface area contributed by atoms with Crippen LogP contribution in [0.25, 0.3) is 0 Å². The standard InChI is InChI=1S/C28H31NO4.ClH/c1-2-15-29-16-14-27-24-20-10-11-21(30)25(24)33-26(27)22(31)12-13-28(27,23(29)18-20)32-17-6-9-19-7-4-3-5-8-19;/h2-5,7-8,10-11,23,26,30H,1,6,9,12-18H2;1H/t23-,26?,27+,28-;/m1./s1. The number of ether oxygens (including phenoxy) is 2. The number of aromatic hydroxyl groups is 1. The van der Waals surface area contributed by atoms with Crippen molar-refractivity contribution in [3.8, 4) is 11.5 Å². The van der Waals surface area contributed by atoms with Crippen LogP contribution in [0.2, 0.25) is 0 Å². The molecule has 5 nitrogen and oxygen atoms in total. The number of rotatable bonds is 7. The number of aryl methyl sites for hydroxylation is 1. The van der Waals surface area contributed by atoms with Gasteiger partial charge in [-0.15, -0.1) is 19.0 Å². The van der Waals surface area contributed by atoms with Crippen molar-refractivity contribution in [2.24, 2.45) is 0 Å². The topological polar surface area (TPSA) is 59.0 Å². The molecule has 0 aromatic heterocycles. The van der Waals surface area contributed by atoms with Crippen molar-refractivity contribution in [2.45, 2.75) is 61.7 Å². The third-order valence-electron chi connectivity index (χ3n) is 8.50. The lowest BCUT2D eigenvalue weighted by atomic mass is 9.48. The Bertz CT molecular complexity index is 1110. The van der Waals surface area contributed by atoms with Gasteiger partial charge < -0.3 is 14.6 Å². The smallest absolute Gasteiger partial charge is 0.174 e. The third-order valence-corrected chi connectivity index (χ3v) is 8.50. The van der Waals surface area contributed by atoms with Gasteiger partial charge in [0.1, 0.15) is 0 Å². The molecule has 4 atom stereocenters. The number of carbonyl (C=O) groups excluding carboxylic acids is 1. The molecule has 1 unspecified atom stereocenters. The van der Waals surface area contributed by atoms with E-state index in [2.05, 4.69) is 35.7 Å². The maximum Gasteiger partial charge on any atom is 0.174 e. The highest BCUT2D eigenvalue weighted by atomic mass is 35.5. The van der Waals surface area contributed by atoms with Gasteiger partial charge in [-0.25, -0.2) is 0 Å². The largest absolute Gasteiger partial charge is 0.504 e. The molecule has 2 heterocycles. The van der Waals surface area contributed by atoms with Crippen LogP contribution in [0.3, 0.4) is 0 Å². The zero-order chi connectivity index (χ0) is 22.6. The molecule has 34 heavy (non-hydrogen) atoms. The van der Waals surface area contributed by atoms with E-state index in [0.29, 0.717) is 25.2 Å². The van der Waals surface area contributed by atoms with Crippen LogP contribution < -0.4 is 4.74 Å². The summed E-state index contributed by atoms with van der Waals surface area (Å²) in [6.45, 7) is 6.30. The molecule has 1 N–H and O–H groups in total. The van der Waals surface area contributed by atoms with Crippen molar-refractivity contribution in [3.05, 3.63) is 71.8 Å². The first-order chi connectivity index (χ1) is 16.1. The van der Waals surface area contributed by atoms with Crippen LogP contribution in [0.5, 0.6) is 11.5 Å². The second-order valence-electron chi connectivity index (χ2n) is 9.96. The fourth-order valence-electron chi connectivity index (χ4n) is 7.24. The van der Waals surface area contributed by atoms with Gasteiger partial charge in [0.15, 0.2) is 23.4 Å². The Morgan fingerprint density at radius 1 is 1.21 bits per heavy atom. The summed E-state index contributed by atoms with van der Waals surface area (Å²) in [6.07, 6.45) is 6.06. The van der Waals surface area contributed by atoms with Gasteiger partial charge in [0.2, 0.25) is 0 Å². The highest BCUT2D eigenvalue weighted by Gasteiger charge is 2.74.